The number of imidazole rings is 1. The molecule has 0 aliphatic carbocycles. The zero-order chi connectivity index (χ0) is 41.3. The molecule has 0 saturated heterocycles. The largest absolute Gasteiger partial charge is 0.370 e. The van der Waals surface area contributed by atoms with Crippen molar-refractivity contribution in [2.24, 2.45) is 22.2 Å². The van der Waals surface area contributed by atoms with Crippen LogP contribution in [-0.4, -0.2) is 93.6 Å². The molecule has 2 aromatic carbocycles. The van der Waals surface area contributed by atoms with Gasteiger partial charge in [0.2, 0.25) is 35.4 Å². The smallest absolute Gasteiger partial charge is 0.243 e. The van der Waals surface area contributed by atoms with Gasteiger partial charge < -0.3 is 53.8 Å². The number of primary amides is 1. The van der Waals surface area contributed by atoms with Gasteiger partial charge in [0.05, 0.1) is 12.9 Å². The van der Waals surface area contributed by atoms with Crippen LogP contribution in [0.3, 0.4) is 0 Å². The van der Waals surface area contributed by atoms with E-state index < -0.39 is 60.2 Å². The van der Waals surface area contributed by atoms with Gasteiger partial charge in [-0.2, -0.15) is 0 Å². The van der Waals surface area contributed by atoms with Crippen molar-refractivity contribution >= 4 is 68.2 Å². The highest BCUT2D eigenvalue weighted by atomic mass is 79.9. The summed E-state index contributed by atoms with van der Waals surface area (Å²) in [4.78, 5) is 93.9. The van der Waals surface area contributed by atoms with Gasteiger partial charge in [-0.15, -0.1) is 0 Å². The predicted octanol–water partition coefficient (Wildman–Crippen LogP) is 0.0758. The molecule has 0 saturated carbocycles. The van der Waals surface area contributed by atoms with E-state index in [1.54, 1.807) is 30.5 Å². The average Bonchev–Trinajstić information content (AvgIpc) is 3.85. The summed E-state index contributed by atoms with van der Waals surface area (Å²) in [5.41, 5.74) is 19.1. The highest BCUT2D eigenvalue weighted by Crippen LogP contribution is 2.20. The third-order valence-electron chi connectivity index (χ3n) is 8.84. The summed E-state index contributed by atoms with van der Waals surface area (Å²) in [5.74, 6) is -4.01. The first kappa shape index (κ1) is 43.5. The maximum absolute atomic E-state index is 14.2. The summed E-state index contributed by atoms with van der Waals surface area (Å²) in [7, 11) is 0. The summed E-state index contributed by atoms with van der Waals surface area (Å²) < 4.78 is 0.800. The molecule has 0 unspecified atom stereocenters. The van der Waals surface area contributed by atoms with Crippen molar-refractivity contribution in [2.45, 2.75) is 76.0 Å². The monoisotopic (exact) mass is 848 g/mol. The van der Waals surface area contributed by atoms with Crippen LogP contribution in [0.4, 0.5) is 0 Å². The lowest BCUT2D eigenvalue weighted by Crippen LogP contribution is -2.59. The number of halogens is 1. The first-order valence-corrected chi connectivity index (χ1v) is 19.2. The zero-order valence-corrected chi connectivity index (χ0v) is 33.1. The number of nitrogens with two attached hydrogens (primary N) is 3. The van der Waals surface area contributed by atoms with Gasteiger partial charge in [0.1, 0.15) is 24.2 Å². The van der Waals surface area contributed by atoms with Crippen molar-refractivity contribution in [1.82, 2.24) is 41.5 Å². The number of guanidine groups is 1. The number of aromatic amines is 2. The second kappa shape index (κ2) is 21.7. The van der Waals surface area contributed by atoms with Crippen LogP contribution in [0.25, 0.3) is 10.9 Å². The first-order chi connectivity index (χ1) is 27.3. The number of H-pyrrole nitrogens is 2. The number of hydrogen-bond donors (Lipinski definition) is 10. The molecular formula is C38H49BrN12O6. The molecule has 304 valence electrons. The Morgan fingerprint density at radius 1 is 0.789 bits per heavy atom. The molecule has 57 heavy (non-hydrogen) atoms. The molecule has 0 bridgehead atoms. The lowest BCUT2D eigenvalue weighted by atomic mass is 10.0. The fourth-order valence-electron chi connectivity index (χ4n) is 6.00. The standard InChI is InChI=1S/C38H49BrN12O6/c1-2-6-33(53)48-31(17-25-19-43-21-47-25)37(57)50-29(15-22-10-12-24(39)13-11-22)36(56)49-28(9-5-14-44-38(41)42)35(55)51-30(34(54)46-20-32(40)52)16-23-18-45-27-8-4-3-7-26(23)27/h3-4,7-8,10-13,18-19,21,28-31,45H,2,5-6,9,14-17,20H2,1H3,(H2,40,52)(H,43,47)(H,46,54)(H,48,53)(H,49,56)(H,50,57)(H,51,55)(H4,41,42,44)/t28-,29+,30-,31-/m0/s1. The first-order valence-electron chi connectivity index (χ1n) is 18.4. The number of para-hydroxylation sites is 1. The highest BCUT2D eigenvalue weighted by Gasteiger charge is 2.32. The van der Waals surface area contributed by atoms with E-state index in [0.717, 1.165) is 15.4 Å². The number of aliphatic imine (C=N–C) groups is 1. The number of nitrogens with zero attached hydrogens (tertiary/aromatic N) is 2. The van der Waals surface area contributed by atoms with Crippen molar-refractivity contribution < 1.29 is 28.8 Å². The van der Waals surface area contributed by atoms with E-state index in [9.17, 15) is 28.8 Å². The van der Waals surface area contributed by atoms with E-state index in [1.807, 2.05) is 31.2 Å². The fraction of sp³-hybridized carbons (Fsp3) is 0.368. The van der Waals surface area contributed by atoms with Gasteiger partial charge in [-0.1, -0.05) is 53.2 Å². The summed E-state index contributed by atoms with van der Waals surface area (Å²) in [6.07, 6.45) is 5.84. The molecule has 4 rings (SSSR count). The van der Waals surface area contributed by atoms with E-state index in [0.29, 0.717) is 23.2 Å². The number of benzene rings is 2. The van der Waals surface area contributed by atoms with E-state index in [1.165, 1.54) is 12.5 Å². The second-order valence-corrected chi connectivity index (χ2v) is 14.3. The molecular weight excluding hydrogens is 800 g/mol. The number of amides is 6. The molecule has 2 heterocycles. The van der Waals surface area contributed by atoms with Gasteiger partial charge in [0, 0.05) is 65.7 Å². The van der Waals surface area contributed by atoms with Crippen LogP contribution >= 0.6 is 15.9 Å². The van der Waals surface area contributed by atoms with E-state index in [4.69, 9.17) is 17.2 Å². The van der Waals surface area contributed by atoms with Gasteiger partial charge in [-0.25, -0.2) is 4.98 Å². The number of fused-ring (bicyclic) bond motifs is 1. The van der Waals surface area contributed by atoms with Crippen molar-refractivity contribution in [1.29, 1.82) is 0 Å². The molecule has 2 aromatic heterocycles. The third-order valence-corrected chi connectivity index (χ3v) is 9.37. The Hall–Kier alpha value is -6.24. The molecule has 0 aliphatic heterocycles. The van der Waals surface area contributed by atoms with E-state index >= 15 is 0 Å². The topological polar surface area (TPSA) is 297 Å². The fourth-order valence-corrected chi connectivity index (χ4v) is 6.27. The summed E-state index contributed by atoms with van der Waals surface area (Å²) >= 11 is 3.41. The minimum atomic E-state index is -1.24. The second-order valence-electron chi connectivity index (χ2n) is 13.4. The van der Waals surface area contributed by atoms with Gasteiger partial charge in [-0.3, -0.25) is 33.8 Å². The minimum absolute atomic E-state index is 0.0194. The Morgan fingerprint density at radius 3 is 2.09 bits per heavy atom. The lowest BCUT2D eigenvalue weighted by Gasteiger charge is -2.27. The quantitative estimate of drug-likeness (QED) is 0.0291. The third kappa shape index (κ3) is 14.1. The number of hydrogen-bond acceptors (Lipinski definition) is 8. The number of nitrogens with one attached hydrogen (secondary N) is 7. The van der Waals surface area contributed by atoms with Gasteiger partial charge >= 0.3 is 0 Å². The molecule has 19 heteroatoms. The Morgan fingerprint density at radius 2 is 1.44 bits per heavy atom. The molecule has 4 atom stereocenters. The maximum Gasteiger partial charge on any atom is 0.243 e. The molecule has 0 aliphatic rings. The molecule has 0 radical (unpaired) electrons. The van der Waals surface area contributed by atoms with Crippen LogP contribution in [0.1, 0.15) is 49.4 Å². The van der Waals surface area contributed by atoms with Crippen molar-refractivity contribution in [3.05, 3.63) is 88.5 Å². The molecule has 18 nitrogen and oxygen atoms in total. The molecule has 0 spiro atoms. The van der Waals surface area contributed by atoms with E-state index in [2.05, 4.69) is 62.5 Å². The molecule has 6 amide bonds. The van der Waals surface area contributed by atoms with Crippen LogP contribution in [0, 0.1) is 0 Å². The van der Waals surface area contributed by atoms with Crippen LogP contribution in [0.5, 0.6) is 0 Å². The minimum Gasteiger partial charge on any atom is -0.370 e. The number of rotatable bonds is 22. The highest BCUT2D eigenvalue weighted by molar-refractivity contribution is 9.10. The van der Waals surface area contributed by atoms with Crippen LogP contribution in [0.15, 0.2) is 76.7 Å². The number of carbonyl (C=O) groups is 6. The average molecular weight is 850 g/mol. The summed E-state index contributed by atoms with van der Waals surface area (Å²) in [5, 5.41) is 14.3. The van der Waals surface area contributed by atoms with Gasteiger partial charge in [-0.05, 0) is 48.6 Å². The number of carbonyl (C=O) groups excluding carboxylic acids is 6. The van der Waals surface area contributed by atoms with Crippen molar-refractivity contribution in [2.75, 3.05) is 13.1 Å². The van der Waals surface area contributed by atoms with Crippen molar-refractivity contribution in [3.63, 3.8) is 0 Å². The summed E-state index contributed by atoms with van der Waals surface area (Å²) in [6.45, 7) is 1.51. The Bertz CT molecular complexity index is 2010. The number of aromatic nitrogens is 3. The Balaban J connectivity index is 1.62. The molecule has 0 fully saturated rings. The Kier molecular flexibility index (Phi) is 16.6. The van der Waals surface area contributed by atoms with Gasteiger partial charge in [0.25, 0.3) is 0 Å². The maximum atomic E-state index is 14.2. The predicted molar refractivity (Wildman–Crippen MR) is 217 cm³/mol. The SMILES string of the molecule is CCCC(=O)N[C@@H](Cc1cnc[nH]1)C(=O)N[C@H](Cc1ccc(Br)cc1)C(=O)N[C@@H](CCCN=C(N)N)C(=O)N[C@@H](Cc1c[nH]c2ccccc12)C(=O)NCC(N)=O. The molecule has 4 aromatic rings. The van der Waals surface area contributed by atoms with E-state index in [-0.39, 0.29) is 56.9 Å². The zero-order valence-electron chi connectivity index (χ0n) is 31.5. The van der Waals surface area contributed by atoms with Crippen LogP contribution < -0.4 is 43.8 Å². The normalized spacial score (nSPS) is 13.0. The van der Waals surface area contributed by atoms with Crippen molar-refractivity contribution in [3.8, 4) is 0 Å². The molecule has 13 N–H and O–H groups in total. The lowest BCUT2D eigenvalue weighted by molar-refractivity contribution is -0.134. The Labute approximate surface area is 337 Å². The van der Waals surface area contributed by atoms with Crippen LogP contribution in [0.2, 0.25) is 0 Å². The van der Waals surface area contributed by atoms with Gasteiger partial charge in [0.15, 0.2) is 5.96 Å². The van der Waals surface area contributed by atoms with Crippen LogP contribution in [-0.2, 0) is 48.0 Å². The summed E-state index contributed by atoms with van der Waals surface area (Å²) in [6, 6.07) is 9.83.